The van der Waals surface area contributed by atoms with Crippen LogP contribution in [0.3, 0.4) is 0 Å². The largest absolute Gasteiger partial charge is 0.459 e. The lowest BCUT2D eigenvalue weighted by Gasteiger charge is -2.30. The number of halogens is 1. The van der Waals surface area contributed by atoms with Crippen molar-refractivity contribution in [3.63, 3.8) is 0 Å². The number of esters is 1. The van der Waals surface area contributed by atoms with Crippen LogP contribution in [-0.2, 0) is 15.3 Å². The predicted molar refractivity (Wildman–Crippen MR) is 130 cm³/mol. The zero-order valence-electron chi connectivity index (χ0n) is 19.0. The van der Waals surface area contributed by atoms with Gasteiger partial charge < -0.3 is 10.1 Å². The topological polar surface area (TPSA) is 69.0 Å². The van der Waals surface area contributed by atoms with E-state index in [1.54, 1.807) is 29.8 Å². The van der Waals surface area contributed by atoms with Gasteiger partial charge in [-0.25, -0.2) is 13.9 Å². The first-order chi connectivity index (χ1) is 16.6. The summed E-state index contributed by atoms with van der Waals surface area (Å²) in [5.74, 6) is 0.364. The maximum Gasteiger partial charge on any atom is 0.338 e. The second kappa shape index (κ2) is 10.0. The number of ether oxygens (including phenoxy) is 1. The van der Waals surface area contributed by atoms with Crippen LogP contribution in [0.4, 0.5) is 10.3 Å². The van der Waals surface area contributed by atoms with Crippen LogP contribution < -0.4 is 5.32 Å². The Morgan fingerprint density at radius 2 is 1.85 bits per heavy atom. The number of hydrogen-bond donors (Lipinski definition) is 1. The average molecular weight is 479 g/mol. The first-order valence-electron chi connectivity index (χ1n) is 11.7. The highest BCUT2D eigenvalue weighted by Gasteiger charge is 2.37. The quantitative estimate of drug-likeness (QED) is 0.353. The Hall–Kier alpha value is -3.13. The Balaban J connectivity index is 1.47. The molecule has 1 atom stereocenters. The third kappa shape index (κ3) is 4.73. The maximum atomic E-state index is 15.0. The van der Waals surface area contributed by atoms with E-state index in [0.717, 1.165) is 31.2 Å². The van der Waals surface area contributed by atoms with Crippen molar-refractivity contribution >= 4 is 23.7 Å². The lowest BCUT2D eigenvalue weighted by molar-refractivity contribution is -0.146. The molecule has 5 rings (SSSR count). The Labute approximate surface area is 202 Å². The SMILES string of the molecule is CC1=C(C(=O)OC2CCCCC2)C(c2ccccc2F)n2nc(SCc3ccccc3)nc2N1. The van der Waals surface area contributed by atoms with Gasteiger partial charge in [0, 0.05) is 17.0 Å². The van der Waals surface area contributed by atoms with E-state index in [-0.39, 0.29) is 6.10 Å². The molecule has 1 N–H and O–H groups in total. The Kier molecular flexibility index (Phi) is 6.67. The second-order valence-corrected chi connectivity index (χ2v) is 9.63. The average Bonchev–Trinajstić information content (AvgIpc) is 3.26. The van der Waals surface area contributed by atoms with Crippen molar-refractivity contribution in [2.75, 3.05) is 5.32 Å². The number of carbonyl (C=O) groups is 1. The number of benzene rings is 2. The molecule has 1 saturated carbocycles. The summed E-state index contributed by atoms with van der Waals surface area (Å²) in [6.07, 6.45) is 4.91. The molecule has 1 fully saturated rings. The molecule has 2 aliphatic rings. The van der Waals surface area contributed by atoms with Crippen molar-refractivity contribution < 1.29 is 13.9 Å². The van der Waals surface area contributed by atoms with E-state index in [0.29, 0.717) is 33.7 Å². The number of hydrogen-bond acceptors (Lipinski definition) is 6. The molecule has 34 heavy (non-hydrogen) atoms. The molecule has 0 radical (unpaired) electrons. The van der Waals surface area contributed by atoms with Gasteiger partial charge in [-0.3, -0.25) is 0 Å². The smallest absolute Gasteiger partial charge is 0.338 e. The highest BCUT2D eigenvalue weighted by atomic mass is 32.2. The number of fused-ring (bicyclic) bond motifs is 1. The van der Waals surface area contributed by atoms with Gasteiger partial charge in [-0.2, -0.15) is 4.98 Å². The second-order valence-electron chi connectivity index (χ2n) is 8.69. The van der Waals surface area contributed by atoms with Crippen LogP contribution >= 0.6 is 11.8 Å². The van der Waals surface area contributed by atoms with Gasteiger partial charge in [0.25, 0.3) is 0 Å². The summed E-state index contributed by atoms with van der Waals surface area (Å²) in [6.45, 7) is 1.81. The van der Waals surface area contributed by atoms with E-state index in [9.17, 15) is 4.79 Å². The Morgan fingerprint density at radius 1 is 1.12 bits per heavy atom. The van der Waals surface area contributed by atoms with Gasteiger partial charge in [0.15, 0.2) is 0 Å². The summed E-state index contributed by atoms with van der Waals surface area (Å²) < 4.78 is 22.5. The van der Waals surface area contributed by atoms with Crippen molar-refractivity contribution in [1.29, 1.82) is 0 Å². The fourth-order valence-electron chi connectivity index (χ4n) is 4.56. The summed E-state index contributed by atoms with van der Waals surface area (Å²) in [6, 6.07) is 15.8. The van der Waals surface area contributed by atoms with Crippen molar-refractivity contribution in [3.05, 3.63) is 82.8 Å². The molecule has 2 heterocycles. The van der Waals surface area contributed by atoms with Crippen molar-refractivity contribution in [2.45, 2.75) is 62.1 Å². The molecule has 0 saturated heterocycles. The molecule has 1 unspecified atom stereocenters. The molecule has 1 aliphatic heterocycles. The standard InChI is InChI=1S/C26H27FN4O2S/c1-17-22(24(32)33-19-12-6-3-7-13-19)23(20-14-8-9-15-21(20)27)31-25(28-17)29-26(30-31)34-16-18-10-4-2-5-11-18/h2,4-5,8-11,14-15,19,23H,3,6-7,12-13,16H2,1H3,(H,28,29,30). The monoisotopic (exact) mass is 478 g/mol. The minimum absolute atomic E-state index is 0.100. The third-order valence-corrected chi connectivity index (χ3v) is 7.20. The molecule has 0 amide bonds. The molecule has 3 aromatic rings. The fourth-order valence-corrected chi connectivity index (χ4v) is 5.35. The van der Waals surface area contributed by atoms with Crippen molar-refractivity contribution in [1.82, 2.24) is 14.8 Å². The van der Waals surface area contributed by atoms with E-state index < -0.39 is 17.8 Å². The highest BCUT2D eigenvalue weighted by molar-refractivity contribution is 7.98. The minimum Gasteiger partial charge on any atom is -0.459 e. The summed E-state index contributed by atoms with van der Waals surface area (Å²) >= 11 is 1.50. The first kappa shape index (κ1) is 22.7. The van der Waals surface area contributed by atoms with Gasteiger partial charge in [0.1, 0.15) is 18.0 Å². The summed E-state index contributed by atoms with van der Waals surface area (Å²) in [5.41, 5.74) is 2.50. The lowest BCUT2D eigenvalue weighted by Crippen LogP contribution is -2.32. The summed E-state index contributed by atoms with van der Waals surface area (Å²) in [4.78, 5) is 18.0. The van der Waals surface area contributed by atoms with E-state index in [4.69, 9.17) is 4.74 Å². The van der Waals surface area contributed by atoms with Crippen molar-refractivity contribution in [2.24, 2.45) is 0 Å². The van der Waals surface area contributed by atoms with Gasteiger partial charge in [-0.05, 0) is 44.2 Å². The number of thioether (sulfide) groups is 1. The molecule has 8 heteroatoms. The molecule has 2 aromatic carbocycles. The lowest BCUT2D eigenvalue weighted by atomic mass is 9.94. The van der Waals surface area contributed by atoms with Crippen molar-refractivity contribution in [3.8, 4) is 0 Å². The number of anilines is 1. The van der Waals surface area contributed by atoms with E-state index in [1.165, 1.54) is 24.2 Å². The minimum atomic E-state index is -0.757. The molecular weight excluding hydrogens is 451 g/mol. The summed E-state index contributed by atoms with van der Waals surface area (Å²) in [7, 11) is 0. The Bertz CT molecular complexity index is 1200. The highest BCUT2D eigenvalue weighted by Crippen LogP contribution is 2.38. The Morgan fingerprint density at radius 3 is 2.62 bits per heavy atom. The summed E-state index contributed by atoms with van der Waals surface area (Å²) in [5, 5.41) is 8.43. The number of rotatable bonds is 6. The first-order valence-corrected chi connectivity index (χ1v) is 12.6. The number of nitrogens with one attached hydrogen (secondary N) is 1. The molecule has 0 spiro atoms. The van der Waals surface area contributed by atoms with Crippen LogP contribution in [0.5, 0.6) is 0 Å². The van der Waals surface area contributed by atoms with Gasteiger partial charge >= 0.3 is 5.97 Å². The number of carbonyl (C=O) groups excluding carboxylic acids is 1. The number of aromatic nitrogens is 3. The van der Waals surface area contributed by atoms with Crippen LogP contribution in [0, 0.1) is 5.82 Å². The molecule has 1 aliphatic carbocycles. The number of allylic oxidation sites excluding steroid dienone is 1. The third-order valence-electron chi connectivity index (χ3n) is 6.29. The zero-order chi connectivity index (χ0) is 23.5. The van der Waals surface area contributed by atoms with Crippen LogP contribution in [0.2, 0.25) is 0 Å². The van der Waals surface area contributed by atoms with Gasteiger partial charge in [-0.15, -0.1) is 5.10 Å². The normalized spacial score (nSPS) is 18.4. The zero-order valence-corrected chi connectivity index (χ0v) is 19.9. The molecular formula is C26H27FN4O2S. The van der Waals surface area contributed by atoms with Gasteiger partial charge in [0.05, 0.1) is 5.57 Å². The van der Waals surface area contributed by atoms with E-state index in [1.807, 2.05) is 18.2 Å². The van der Waals surface area contributed by atoms with Gasteiger partial charge in [-0.1, -0.05) is 66.7 Å². The molecule has 1 aromatic heterocycles. The van der Waals surface area contributed by atoms with Crippen LogP contribution in [-0.4, -0.2) is 26.8 Å². The predicted octanol–water partition coefficient (Wildman–Crippen LogP) is 5.87. The van der Waals surface area contributed by atoms with Gasteiger partial charge in [0.2, 0.25) is 11.1 Å². The fraction of sp³-hybridized carbons (Fsp3) is 0.346. The molecule has 176 valence electrons. The molecule has 6 nitrogen and oxygen atoms in total. The van der Waals surface area contributed by atoms with E-state index in [2.05, 4.69) is 27.5 Å². The van der Waals surface area contributed by atoms with E-state index >= 15 is 4.39 Å². The van der Waals surface area contributed by atoms with Crippen LogP contribution in [0.25, 0.3) is 0 Å². The van der Waals surface area contributed by atoms with Crippen LogP contribution in [0.15, 0.2) is 71.0 Å². The molecule has 0 bridgehead atoms. The van der Waals surface area contributed by atoms with Crippen LogP contribution in [0.1, 0.15) is 56.2 Å². The maximum absolute atomic E-state index is 15.0. The number of nitrogens with zero attached hydrogens (tertiary/aromatic N) is 3.